The Morgan fingerprint density at radius 2 is 0.583 bits per heavy atom. The molecule has 2 heterocycles. The molecule has 0 radical (unpaired) electrons. The van der Waals surface area contributed by atoms with E-state index in [4.69, 9.17) is 19.9 Å². The Morgan fingerprint density at radius 1 is 0.300 bits per heavy atom. The van der Waals surface area contributed by atoms with E-state index in [9.17, 15) is 0 Å². The highest BCUT2D eigenvalue weighted by Gasteiger charge is 2.54. The minimum Gasteiger partial charge on any atom is -0.366 e. The third kappa shape index (κ3) is 9.19. The van der Waals surface area contributed by atoms with Crippen LogP contribution in [0.4, 0.5) is 23.5 Å². The minimum atomic E-state index is 0.00812. The molecule has 8 nitrogen and oxygen atoms in total. The molecule has 0 saturated heterocycles. The number of hydrogen-bond donors (Lipinski definition) is 4. The summed E-state index contributed by atoms with van der Waals surface area (Å²) < 4.78 is 0. The van der Waals surface area contributed by atoms with Crippen molar-refractivity contribution >= 4 is 23.5 Å². The molecule has 296 valence electrons. The van der Waals surface area contributed by atoms with Crippen molar-refractivity contribution < 1.29 is 0 Å². The van der Waals surface area contributed by atoms with E-state index in [1.165, 1.54) is 22.3 Å². The Kier molecular flexibility index (Phi) is 11.8. The number of aromatic nitrogens is 4. The molecule has 0 spiro atoms. The molecular formula is C52H48N8. The van der Waals surface area contributed by atoms with Crippen LogP contribution in [0.3, 0.4) is 0 Å². The largest absolute Gasteiger partial charge is 0.366 e. The van der Waals surface area contributed by atoms with Crippen LogP contribution < -0.4 is 21.3 Å². The summed E-state index contributed by atoms with van der Waals surface area (Å²) in [6.45, 7) is 2.51. The number of rotatable bonds is 16. The third-order valence-corrected chi connectivity index (χ3v) is 11.3. The first-order valence-corrected chi connectivity index (χ1v) is 20.7. The SMILES string of the molecule is c1ccc(CNc2cc(C3[C@H](c4ccccc4)[C@@H](c4cc(NCc5ccccc5)nc(NCc5ccccc5)n4)[C@H]3c3ccccc3)nc(NCc3ccccc3)n2)cc1. The lowest BCUT2D eigenvalue weighted by molar-refractivity contribution is 0.220. The van der Waals surface area contributed by atoms with Crippen molar-refractivity contribution in [2.24, 2.45) is 0 Å². The van der Waals surface area contributed by atoms with Crippen LogP contribution in [-0.2, 0) is 26.2 Å². The number of benzene rings is 6. The molecule has 1 saturated carbocycles. The molecule has 4 N–H and O–H groups in total. The molecule has 0 bridgehead atoms. The maximum atomic E-state index is 5.35. The van der Waals surface area contributed by atoms with Crippen molar-refractivity contribution in [2.45, 2.75) is 49.9 Å². The van der Waals surface area contributed by atoms with Gasteiger partial charge in [0.2, 0.25) is 11.9 Å². The lowest BCUT2D eigenvalue weighted by Crippen LogP contribution is -2.41. The highest BCUT2D eigenvalue weighted by molar-refractivity contribution is 5.53. The highest BCUT2D eigenvalue weighted by atomic mass is 15.2. The molecule has 6 aromatic carbocycles. The summed E-state index contributed by atoms with van der Waals surface area (Å²) in [4.78, 5) is 20.7. The Labute approximate surface area is 352 Å². The van der Waals surface area contributed by atoms with E-state index in [0.29, 0.717) is 38.1 Å². The van der Waals surface area contributed by atoms with Crippen LogP contribution in [0.15, 0.2) is 194 Å². The van der Waals surface area contributed by atoms with Crippen molar-refractivity contribution in [1.29, 1.82) is 0 Å². The maximum absolute atomic E-state index is 5.35. The molecule has 8 heteroatoms. The van der Waals surface area contributed by atoms with Crippen molar-refractivity contribution in [3.8, 4) is 0 Å². The molecular weight excluding hydrogens is 737 g/mol. The van der Waals surface area contributed by atoms with Gasteiger partial charge in [-0.15, -0.1) is 0 Å². The fourth-order valence-electron chi connectivity index (χ4n) is 8.41. The van der Waals surface area contributed by atoms with Gasteiger partial charge in [-0.25, -0.2) is 9.97 Å². The molecule has 8 aromatic rings. The highest BCUT2D eigenvalue weighted by Crippen LogP contribution is 2.66. The predicted octanol–water partition coefficient (Wildman–Crippen LogP) is 11.2. The minimum absolute atomic E-state index is 0.00812. The third-order valence-electron chi connectivity index (χ3n) is 11.3. The van der Waals surface area contributed by atoms with Crippen molar-refractivity contribution in [3.63, 3.8) is 0 Å². The maximum Gasteiger partial charge on any atom is 0.225 e. The first-order valence-electron chi connectivity index (χ1n) is 20.7. The van der Waals surface area contributed by atoms with E-state index in [1.807, 2.05) is 24.3 Å². The van der Waals surface area contributed by atoms with Crippen LogP contribution in [0.2, 0.25) is 0 Å². The van der Waals surface area contributed by atoms with E-state index in [1.54, 1.807) is 0 Å². The molecule has 0 amide bonds. The average molecular weight is 785 g/mol. The zero-order chi connectivity index (χ0) is 40.4. The number of nitrogens with zero attached hydrogens (tertiary/aromatic N) is 4. The summed E-state index contributed by atoms with van der Waals surface area (Å²) in [6, 6.07) is 67.7. The van der Waals surface area contributed by atoms with E-state index in [0.717, 1.165) is 34.2 Å². The molecule has 1 fully saturated rings. The van der Waals surface area contributed by atoms with Crippen LogP contribution in [0.1, 0.15) is 68.4 Å². The normalized spacial score (nSPS) is 16.9. The summed E-state index contributed by atoms with van der Waals surface area (Å²) in [5.74, 6) is 2.86. The second kappa shape index (κ2) is 18.5. The van der Waals surface area contributed by atoms with Crippen LogP contribution in [0.5, 0.6) is 0 Å². The molecule has 0 aliphatic heterocycles. The topological polar surface area (TPSA) is 99.7 Å². The van der Waals surface area contributed by atoms with Gasteiger partial charge in [0.05, 0.1) is 11.4 Å². The Bertz CT molecular complexity index is 2250. The van der Waals surface area contributed by atoms with Gasteiger partial charge in [-0.1, -0.05) is 182 Å². The monoisotopic (exact) mass is 784 g/mol. The molecule has 0 unspecified atom stereocenters. The first-order chi connectivity index (χ1) is 29.7. The summed E-state index contributed by atoms with van der Waals surface area (Å²) in [5.41, 5.74) is 9.14. The molecule has 0 atom stereocenters. The number of hydrogen-bond acceptors (Lipinski definition) is 8. The van der Waals surface area contributed by atoms with E-state index >= 15 is 0 Å². The summed E-state index contributed by atoms with van der Waals surface area (Å²) in [6.07, 6.45) is 0. The lowest BCUT2D eigenvalue weighted by atomic mass is 9.50. The van der Waals surface area contributed by atoms with E-state index < -0.39 is 0 Å². The molecule has 1 aliphatic rings. The van der Waals surface area contributed by atoms with Crippen molar-refractivity contribution in [2.75, 3.05) is 21.3 Å². The Hall–Kier alpha value is -7.32. The van der Waals surface area contributed by atoms with Gasteiger partial charge in [-0.2, -0.15) is 9.97 Å². The Morgan fingerprint density at radius 3 is 0.900 bits per heavy atom. The van der Waals surface area contributed by atoms with Gasteiger partial charge < -0.3 is 21.3 Å². The van der Waals surface area contributed by atoms with Gasteiger partial charge in [-0.3, -0.25) is 0 Å². The van der Waals surface area contributed by atoms with Crippen LogP contribution in [-0.4, -0.2) is 19.9 Å². The van der Waals surface area contributed by atoms with E-state index in [-0.39, 0.29) is 23.7 Å². The fraction of sp³-hybridized carbons (Fsp3) is 0.154. The van der Waals surface area contributed by atoms with E-state index in [2.05, 4.69) is 191 Å². The first kappa shape index (κ1) is 38.2. The van der Waals surface area contributed by atoms with Gasteiger partial charge in [0.15, 0.2) is 0 Å². The zero-order valence-electron chi connectivity index (χ0n) is 33.4. The summed E-state index contributed by atoms with van der Waals surface area (Å²) >= 11 is 0. The molecule has 9 rings (SSSR count). The van der Waals surface area contributed by atoms with Crippen LogP contribution >= 0.6 is 0 Å². The zero-order valence-corrected chi connectivity index (χ0v) is 33.4. The van der Waals surface area contributed by atoms with Gasteiger partial charge in [0, 0.05) is 62.0 Å². The quantitative estimate of drug-likeness (QED) is 0.0769. The van der Waals surface area contributed by atoms with Crippen LogP contribution in [0, 0.1) is 0 Å². The fourth-order valence-corrected chi connectivity index (χ4v) is 8.41. The standard InChI is InChI=1S/C52H48N8/c1-7-19-37(20-8-1)33-53-45-31-43(57-51(59-45)55-35-39-23-11-3-12-24-39)49-47(41-27-15-5-16-28-41)50(48(49)42-29-17-6-18-30-42)44-32-46(54-34-38-21-9-2-10-22-38)60-52(58-44)56-36-40-25-13-4-14-26-40/h1-32,47-50H,33-36H2,(H2,53,55,57,59)(H2,54,56,58,60)/t47-,48-,49-,50?/m1/s1. The lowest BCUT2D eigenvalue weighted by Gasteiger charge is -2.52. The molecule has 1 aliphatic carbocycles. The average Bonchev–Trinajstić information content (AvgIpc) is 3.30. The van der Waals surface area contributed by atoms with Crippen molar-refractivity contribution in [3.05, 3.63) is 239 Å². The second-order valence-corrected chi connectivity index (χ2v) is 15.3. The second-order valence-electron chi connectivity index (χ2n) is 15.3. The Balaban J connectivity index is 1.14. The molecule has 60 heavy (non-hydrogen) atoms. The summed E-state index contributed by atoms with van der Waals surface area (Å²) in [7, 11) is 0. The van der Waals surface area contributed by atoms with Gasteiger partial charge in [-0.05, 0) is 33.4 Å². The summed E-state index contributed by atoms with van der Waals surface area (Å²) in [5, 5.41) is 14.4. The predicted molar refractivity (Wildman–Crippen MR) is 243 cm³/mol. The number of anilines is 4. The molecule has 2 aromatic heterocycles. The van der Waals surface area contributed by atoms with Gasteiger partial charge in [0.1, 0.15) is 11.6 Å². The number of nitrogens with one attached hydrogen (secondary N) is 4. The van der Waals surface area contributed by atoms with Crippen LogP contribution in [0.25, 0.3) is 0 Å². The van der Waals surface area contributed by atoms with Crippen molar-refractivity contribution in [1.82, 2.24) is 19.9 Å². The van der Waals surface area contributed by atoms with Gasteiger partial charge in [0.25, 0.3) is 0 Å². The van der Waals surface area contributed by atoms with Gasteiger partial charge >= 0.3 is 0 Å². The smallest absolute Gasteiger partial charge is 0.225 e.